The molecule has 0 fully saturated rings. The predicted octanol–water partition coefficient (Wildman–Crippen LogP) is 1.44. The molecule has 0 aromatic heterocycles. The Morgan fingerprint density at radius 3 is 2.12 bits per heavy atom. The number of likely N-dealkylation sites (N-methyl/N-ethyl adjacent to an activating group) is 1. The lowest BCUT2D eigenvalue weighted by molar-refractivity contribution is 0.297. The minimum Gasteiger partial charge on any atom is -0.508 e. The van der Waals surface area contributed by atoms with Crippen LogP contribution in [0.15, 0.2) is 12.1 Å². The quantitative estimate of drug-likeness (QED) is 0.810. The van der Waals surface area contributed by atoms with Gasteiger partial charge in [0.25, 0.3) is 0 Å². The molecule has 1 aromatic carbocycles. The van der Waals surface area contributed by atoms with Crippen molar-refractivity contribution >= 4 is 0 Å². The van der Waals surface area contributed by atoms with Crippen LogP contribution in [0.4, 0.5) is 0 Å². The van der Waals surface area contributed by atoms with E-state index < -0.39 is 0 Å². The van der Waals surface area contributed by atoms with E-state index in [2.05, 4.69) is 4.90 Å². The zero-order valence-corrected chi connectivity index (χ0v) is 10.6. The van der Waals surface area contributed by atoms with E-state index in [0.717, 1.165) is 17.5 Å². The van der Waals surface area contributed by atoms with Crippen LogP contribution in [0.3, 0.4) is 0 Å². The molecule has 0 spiro atoms. The summed E-state index contributed by atoms with van der Waals surface area (Å²) >= 11 is 0. The molecule has 0 aliphatic rings. The second-order valence-corrected chi connectivity index (χ2v) is 4.62. The lowest BCUT2D eigenvalue weighted by Gasteiger charge is -2.24. The van der Waals surface area contributed by atoms with Gasteiger partial charge in [-0.05, 0) is 63.2 Å². The number of hydrogen-bond acceptors (Lipinski definition) is 3. The molecule has 0 heterocycles. The fourth-order valence-electron chi connectivity index (χ4n) is 2.00. The Balaban J connectivity index is 2.96. The first kappa shape index (κ1) is 13.0. The van der Waals surface area contributed by atoms with Crippen molar-refractivity contribution in [3.05, 3.63) is 28.8 Å². The highest BCUT2D eigenvalue weighted by Crippen LogP contribution is 2.22. The molecule has 90 valence electrons. The molecule has 1 rings (SSSR count). The van der Waals surface area contributed by atoms with E-state index in [0.29, 0.717) is 18.3 Å². The molecule has 1 unspecified atom stereocenters. The van der Waals surface area contributed by atoms with Gasteiger partial charge in [0.05, 0.1) is 0 Å². The lowest BCUT2D eigenvalue weighted by Crippen LogP contribution is -2.37. The van der Waals surface area contributed by atoms with E-state index in [1.165, 1.54) is 5.56 Å². The monoisotopic (exact) mass is 222 g/mol. The van der Waals surface area contributed by atoms with Crippen LogP contribution < -0.4 is 5.73 Å². The molecule has 0 amide bonds. The average molecular weight is 222 g/mol. The van der Waals surface area contributed by atoms with Crippen molar-refractivity contribution < 1.29 is 5.11 Å². The maximum atomic E-state index is 9.48. The summed E-state index contributed by atoms with van der Waals surface area (Å²) in [5, 5.41) is 9.48. The van der Waals surface area contributed by atoms with Crippen LogP contribution in [0, 0.1) is 13.8 Å². The number of phenols is 1. The van der Waals surface area contributed by atoms with Crippen LogP contribution in [-0.2, 0) is 6.42 Å². The Kier molecular flexibility index (Phi) is 4.33. The Hall–Kier alpha value is -1.06. The minimum atomic E-state index is 0.341. The van der Waals surface area contributed by atoms with Crippen LogP contribution in [0.1, 0.15) is 16.7 Å². The maximum absolute atomic E-state index is 9.48. The molecule has 0 radical (unpaired) electrons. The van der Waals surface area contributed by atoms with Crippen molar-refractivity contribution in [1.82, 2.24) is 4.90 Å². The summed E-state index contributed by atoms with van der Waals surface area (Å²) in [7, 11) is 4.09. The van der Waals surface area contributed by atoms with E-state index in [1.54, 1.807) is 0 Å². The standard InChI is InChI=1S/C13H22N2O/c1-9-5-12(16)6-10(2)13(9)7-11(8-14)15(3)4/h5-6,11,16H,7-8,14H2,1-4H3. The number of aromatic hydroxyl groups is 1. The molecule has 1 aromatic rings. The van der Waals surface area contributed by atoms with Gasteiger partial charge in [-0.15, -0.1) is 0 Å². The number of hydrogen-bond donors (Lipinski definition) is 2. The second-order valence-electron chi connectivity index (χ2n) is 4.62. The highest BCUT2D eigenvalue weighted by Gasteiger charge is 2.13. The van der Waals surface area contributed by atoms with Gasteiger partial charge in [-0.3, -0.25) is 0 Å². The van der Waals surface area contributed by atoms with Gasteiger partial charge in [-0.2, -0.15) is 0 Å². The smallest absolute Gasteiger partial charge is 0.116 e. The van der Waals surface area contributed by atoms with Crippen LogP contribution in [0.2, 0.25) is 0 Å². The van der Waals surface area contributed by atoms with Crippen LogP contribution in [-0.4, -0.2) is 36.7 Å². The van der Waals surface area contributed by atoms with Gasteiger partial charge in [0.1, 0.15) is 5.75 Å². The van der Waals surface area contributed by atoms with Crippen molar-refractivity contribution in [1.29, 1.82) is 0 Å². The first-order chi connectivity index (χ1) is 7.45. The van der Waals surface area contributed by atoms with Gasteiger partial charge in [0.15, 0.2) is 0 Å². The molecule has 0 saturated heterocycles. The predicted molar refractivity (Wildman–Crippen MR) is 67.8 cm³/mol. The lowest BCUT2D eigenvalue weighted by atomic mass is 9.95. The van der Waals surface area contributed by atoms with Gasteiger partial charge in [0.2, 0.25) is 0 Å². The first-order valence-corrected chi connectivity index (χ1v) is 5.61. The molecule has 3 heteroatoms. The van der Waals surface area contributed by atoms with E-state index in [4.69, 9.17) is 5.73 Å². The fraction of sp³-hybridized carbons (Fsp3) is 0.538. The Bertz CT molecular complexity index is 338. The van der Waals surface area contributed by atoms with Crippen molar-refractivity contribution in [3.63, 3.8) is 0 Å². The molecular formula is C13H22N2O. The summed E-state index contributed by atoms with van der Waals surface area (Å²) in [4.78, 5) is 2.14. The molecule has 1 atom stereocenters. The molecule has 3 nitrogen and oxygen atoms in total. The highest BCUT2D eigenvalue weighted by molar-refractivity contribution is 5.40. The highest BCUT2D eigenvalue weighted by atomic mass is 16.3. The molecule has 0 saturated carbocycles. The molecule has 16 heavy (non-hydrogen) atoms. The summed E-state index contributed by atoms with van der Waals surface area (Å²) in [6.45, 7) is 4.71. The number of nitrogens with two attached hydrogens (primary N) is 1. The van der Waals surface area contributed by atoms with E-state index in [1.807, 2.05) is 40.1 Å². The van der Waals surface area contributed by atoms with Crippen LogP contribution in [0.25, 0.3) is 0 Å². The maximum Gasteiger partial charge on any atom is 0.116 e. The van der Waals surface area contributed by atoms with Crippen LogP contribution >= 0.6 is 0 Å². The Morgan fingerprint density at radius 2 is 1.75 bits per heavy atom. The van der Waals surface area contributed by atoms with Gasteiger partial charge >= 0.3 is 0 Å². The molecule has 0 bridgehead atoms. The SMILES string of the molecule is Cc1cc(O)cc(C)c1CC(CN)N(C)C. The number of benzene rings is 1. The zero-order valence-electron chi connectivity index (χ0n) is 10.6. The molecule has 0 aliphatic carbocycles. The van der Waals surface area contributed by atoms with Crippen molar-refractivity contribution in [3.8, 4) is 5.75 Å². The van der Waals surface area contributed by atoms with Gasteiger partial charge in [-0.25, -0.2) is 0 Å². The average Bonchev–Trinajstić information content (AvgIpc) is 2.15. The van der Waals surface area contributed by atoms with Crippen molar-refractivity contribution in [2.24, 2.45) is 5.73 Å². The minimum absolute atomic E-state index is 0.341. The van der Waals surface area contributed by atoms with Gasteiger partial charge in [-0.1, -0.05) is 0 Å². The van der Waals surface area contributed by atoms with Crippen molar-refractivity contribution in [2.75, 3.05) is 20.6 Å². The summed E-state index contributed by atoms with van der Waals surface area (Å²) in [6.07, 6.45) is 0.932. The summed E-state index contributed by atoms with van der Waals surface area (Å²) in [5.41, 5.74) is 9.33. The first-order valence-electron chi connectivity index (χ1n) is 5.61. The number of nitrogens with zero attached hydrogens (tertiary/aromatic N) is 1. The number of rotatable bonds is 4. The third-order valence-electron chi connectivity index (χ3n) is 3.12. The molecular weight excluding hydrogens is 200 g/mol. The zero-order chi connectivity index (χ0) is 12.3. The molecule has 3 N–H and O–H groups in total. The fourth-order valence-corrected chi connectivity index (χ4v) is 2.00. The topological polar surface area (TPSA) is 49.5 Å². The van der Waals surface area contributed by atoms with E-state index >= 15 is 0 Å². The van der Waals surface area contributed by atoms with Crippen LogP contribution in [0.5, 0.6) is 5.75 Å². The molecule has 0 aliphatic heterocycles. The van der Waals surface area contributed by atoms with E-state index in [-0.39, 0.29) is 0 Å². The number of phenolic OH excluding ortho intramolecular Hbond substituents is 1. The third kappa shape index (κ3) is 2.97. The van der Waals surface area contributed by atoms with Gasteiger partial charge < -0.3 is 15.7 Å². The third-order valence-corrected chi connectivity index (χ3v) is 3.12. The Morgan fingerprint density at radius 1 is 1.25 bits per heavy atom. The summed E-state index contributed by atoms with van der Waals surface area (Å²) < 4.78 is 0. The summed E-state index contributed by atoms with van der Waals surface area (Å²) in [5.74, 6) is 0.341. The normalized spacial score (nSPS) is 13.1. The van der Waals surface area contributed by atoms with Gasteiger partial charge in [0, 0.05) is 12.6 Å². The number of aryl methyl sites for hydroxylation is 2. The van der Waals surface area contributed by atoms with E-state index in [9.17, 15) is 5.11 Å². The Labute approximate surface area is 97.9 Å². The second kappa shape index (κ2) is 5.32. The van der Waals surface area contributed by atoms with Crippen molar-refractivity contribution in [2.45, 2.75) is 26.3 Å². The largest absolute Gasteiger partial charge is 0.508 e. The summed E-state index contributed by atoms with van der Waals surface area (Å²) in [6, 6.07) is 3.97.